The molecule has 0 atom stereocenters. The van der Waals surface area contributed by atoms with Crippen molar-refractivity contribution in [3.8, 4) is 0 Å². The maximum absolute atomic E-state index is 10.6. The van der Waals surface area contributed by atoms with E-state index < -0.39 is 15.8 Å². The summed E-state index contributed by atoms with van der Waals surface area (Å²) >= 11 is 0. The summed E-state index contributed by atoms with van der Waals surface area (Å²) in [5.74, 6) is -0.946. The standard InChI is InChI=1S/C7H13NO4S/c1-13(11,12)6-5-8-4-2-3-7(9)10/h2-3,8H,4-6H2,1H3,(H,9,10). The van der Waals surface area contributed by atoms with Crippen molar-refractivity contribution in [2.24, 2.45) is 0 Å². The van der Waals surface area contributed by atoms with Crippen molar-refractivity contribution >= 4 is 15.8 Å². The second kappa shape index (κ2) is 5.71. The van der Waals surface area contributed by atoms with E-state index >= 15 is 0 Å². The van der Waals surface area contributed by atoms with Gasteiger partial charge < -0.3 is 10.4 Å². The molecule has 0 saturated heterocycles. The van der Waals surface area contributed by atoms with Crippen LogP contribution in [0.5, 0.6) is 0 Å². The molecule has 0 amide bonds. The van der Waals surface area contributed by atoms with Gasteiger partial charge in [-0.3, -0.25) is 0 Å². The first kappa shape index (κ1) is 12.1. The highest BCUT2D eigenvalue weighted by Crippen LogP contribution is 1.79. The van der Waals surface area contributed by atoms with Gasteiger partial charge in [0.2, 0.25) is 0 Å². The van der Waals surface area contributed by atoms with Crippen LogP contribution in [0.4, 0.5) is 0 Å². The first-order valence-electron chi connectivity index (χ1n) is 3.70. The molecule has 0 aromatic rings. The fourth-order valence-electron chi connectivity index (χ4n) is 0.603. The predicted molar refractivity (Wildman–Crippen MR) is 49.4 cm³/mol. The minimum absolute atomic E-state index is 0.0634. The van der Waals surface area contributed by atoms with Gasteiger partial charge in [-0.15, -0.1) is 0 Å². The number of aliphatic carboxylic acids is 1. The Balaban J connectivity index is 3.43. The lowest BCUT2D eigenvalue weighted by molar-refractivity contribution is -0.131. The molecule has 0 aliphatic carbocycles. The van der Waals surface area contributed by atoms with Crippen molar-refractivity contribution < 1.29 is 18.3 Å². The van der Waals surface area contributed by atoms with E-state index in [1.807, 2.05) is 0 Å². The molecule has 0 heterocycles. The summed E-state index contributed by atoms with van der Waals surface area (Å²) in [5.41, 5.74) is 0. The smallest absolute Gasteiger partial charge is 0.328 e. The van der Waals surface area contributed by atoms with Crippen LogP contribution in [0.2, 0.25) is 0 Å². The van der Waals surface area contributed by atoms with Crippen LogP contribution in [0.3, 0.4) is 0 Å². The highest BCUT2D eigenvalue weighted by molar-refractivity contribution is 7.90. The monoisotopic (exact) mass is 207 g/mol. The Bertz CT molecular complexity index is 281. The summed E-state index contributed by atoms with van der Waals surface area (Å²) in [4.78, 5) is 9.98. The van der Waals surface area contributed by atoms with Crippen LogP contribution < -0.4 is 5.32 Å². The van der Waals surface area contributed by atoms with E-state index in [1.54, 1.807) is 0 Å². The third-order valence-electron chi connectivity index (χ3n) is 1.17. The van der Waals surface area contributed by atoms with Gasteiger partial charge in [0.15, 0.2) is 0 Å². The van der Waals surface area contributed by atoms with E-state index in [-0.39, 0.29) is 5.75 Å². The third kappa shape index (κ3) is 11.1. The van der Waals surface area contributed by atoms with Gasteiger partial charge in [-0.05, 0) is 0 Å². The lowest BCUT2D eigenvalue weighted by Crippen LogP contribution is -2.22. The number of hydrogen-bond acceptors (Lipinski definition) is 4. The molecule has 2 N–H and O–H groups in total. The molecular formula is C7H13NO4S. The van der Waals surface area contributed by atoms with E-state index in [2.05, 4.69) is 5.32 Å². The summed E-state index contributed by atoms with van der Waals surface area (Å²) in [6.45, 7) is 0.699. The summed E-state index contributed by atoms with van der Waals surface area (Å²) in [6, 6.07) is 0. The lowest BCUT2D eigenvalue weighted by Gasteiger charge is -1.98. The van der Waals surface area contributed by atoms with Gasteiger partial charge in [0.1, 0.15) is 9.84 Å². The molecule has 0 bridgehead atoms. The number of carbonyl (C=O) groups is 1. The van der Waals surface area contributed by atoms with Gasteiger partial charge in [-0.2, -0.15) is 0 Å². The van der Waals surface area contributed by atoms with Crippen molar-refractivity contribution in [1.82, 2.24) is 5.32 Å². The lowest BCUT2D eigenvalue weighted by atomic mass is 10.5. The molecule has 13 heavy (non-hydrogen) atoms. The van der Waals surface area contributed by atoms with E-state index in [1.165, 1.54) is 6.08 Å². The molecular weight excluding hydrogens is 194 g/mol. The number of sulfone groups is 1. The number of carboxylic acid groups (broad SMARTS) is 1. The van der Waals surface area contributed by atoms with Gasteiger partial charge in [0.25, 0.3) is 0 Å². The normalized spacial score (nSPS) is 12.1. The van der Waals surface area contributed by atoms with E-state index in [0.717, 1.165) is 12.3 Å². The molecule has 0 unspecified atom stereocenters. The van der Waals surface area contributed by atoms with Gasteiger partial charge in [-0.25, -0.2) is 13.2 Å². The number of rotatable bonds is 6. The van der Waals surface area contributed by atoms with Crippen LogP contribution in [-0.2, 0) is 14.6 Å². The maximum atomic E-state index is 10.6. The average Bonchev–Trinajstić information content (AvgIpc) is 1.93. The van der Waals surface area contributed by atoms with Gasteiger partial charge in [0.05, 0.1) is 5.75 Å². The number of carboxylic acids is 1. The Labute approximate surface area is 77.4 Å². The topological polar surface area (TPSA) is 83.5 Å². The van der Waals surface area contributed by atoms with E-state index in [4.69, 9.17) is 5.11 Å². The van der Waals surface area contributed by atoms with Crippen molar-refractivity contribution in [3.05, 3.63) is 12.2 Å². The van der Waals surface area contributed by atoms with Crippen LogP contribution in [0, 0.1) is 0 Å². The molecule has 0 fully saturated rings. The second-order valence-electron chi connectivity index (χ2n) is 2.57. The number of hydrogen-bond donors (Lipinski definition) is 2. The SMILES string of the molecule is CS(=O)(=O)CCNCC=CC(=O)O. The molecule has 0 radical (unpaired) electrons. The molecule has 0 spiro atoms. The summed E-state index contributed by atoms with van der Waals surface area (Å²) in [6.07, 6.45) is 3.58. The van der Waals surface area contributed by atoms with Crippen LogP contribution in [0.15, 0.2) is 12.2 Å². The quantitative estimate of drug-likeness (QED) is 0.443. The Morgan fingerprint density at radius 3 is 2.62 bits per heavy atom. The van der Waals surface area contributed by atoms with Crippen LogP contribution in [-0.4, -0.2) is 44.6 Å². The molecule has 0 aliphatic heterocycles. The first-order valence-corrected chi connectivity index (χ1v) is 5.76. The van der Waals surface area contributed by atoms with Crippen molar-refractivity contribution in [2.45, 2.75) is 0 Å². The zero-order valence-electron chi connectivity index (χ0n) is 7.36. The molecule has 0 aliphatic rings. The highest BCUT2D eigenvalue weighted by Gasteiger charge is 1.99. The largest absolute Gasteiger partial charge is 0.478 e. The van der Waals surface area contributed by atoms with Crippen molar-refractivity contribution in [3.63, 3.8) is 0 Å². The first-order chi connectivity index (χ1) is 5.92. The highest BCUT2D eigenvalue weighted by atomic mass is 32.2. The van der Waals surface area contributed by atoms with E-state index in [9.17, 15) is 13.2 Å². The molecule has 76 valence electrons. The van der Waals surface area contributed by atoms with Crippen LogP contribution in [0.25, 0.3) is 0 Å². The van der Waals surface area contributed by atoms with Crippen LogP contribution in [0.1, 0.15) is 0 Å². The fraction of sp³-hybridized carbons (Fsp3) is 0.571. The third-order valence-corrected chi connectivity index (χ3v) is 2.12. The van der Waals surface area contributed by atoms with Gasteiger partial charge >= 0.3 is 5.97 Å². The summed E-state index contributed by atoms with van der Waals surface area (Å²) in [7, 11) is -2.93. The Morgan fingerprint density at radius 1 is 1.54 bits per heavy atom. The molecule has 0 aromatic heterocycles. The molecule has 6 heteroatoms. The van der Waals surface area contributed by atoms with Gasteiger partial charge in [0, 0.05) is 25.4 Å². The van der Waals surface area contributed by atoms with Crippen molar-refractivity contribution in [1.29, 1.82) is 0 Å². The zero-order chi connectivity index (χ0) is 10.3. The van der Waals surface area contributed by atoms with Crippen molar-refractivity contribution in [2.75, 3.05) is 25.1 Å². The Morgan fingerprint density at radius 2 is 2.15 bits per heavy atom. The van der Waals surface area contributed by atoms with Crippen LogP contribution >= 0.6 is 0 Å². The Hall–Kier alpha value is -0.880. The molecule has 5 nitrogen and oxygen atoms in total. The summed E-state index contributed by atoms with van der Waals surface area (Å²) in [5, 5.41) is 11.0. The number of nitrogens with one attached hydrogen (secondary N) is 1. The minimum Gasteiger partial charge on any atom is -0.478 e. The molecule has 0 saturated carbocycles. The average molecular weight is 207 g/mol. The Kier molecular flexibility index (Phi) is 5.33. The van der Waals surface area contributed by atoms with E-state index in [0.29, 0.717) is 13.1 Å². The summed E-state index contributed by atoms with van der Waals surface area (Å²) < 4.78 is 21.2. The second-order valence-corrected chi connectivity index (χ2v) is 4.83. The predicted octanol–water partition coefficient (Wildman–Crippen LogP) is -0.739. The minimum atomic E-state index is -2.93. The maximum Gasteiger partial charge on any atom is 0.328 e. The zero-order valence-corrected chi connectivity index (χ0v) is 8.17. The molecule has 0 rings (SSSR count). The van der Waals surface area contributed by atoms with Gasteiger partial charge in [-0.1, -0.05) is 6.08 Å². The molecule has 0 aromatic carbocycles. The fourth-order valence-corrected chi connectivity index (χ4v) is 1.12.